The summed E-state index contributed by atoms with van der Waals surface area (Å²) < 4.78 is 5.60. The van der Waals surface area contributed by atoms with E-state index in [2.05, 4.69) is 5.32 Å². The summed E-state index contributed by atoms with van der Waals surface area (Å²) in [5.74, 6) is 0.716. The van der Waals surface area contributed by atoms with E-state index in [1.165, 1.54) is 5.56 Å². The number of hydrogen-bond donors (Lipinski definition) is 1. The van der Waals surface area contributed by atoms with E-state index >= 15 is 0 Å². The van der Waals surface area contributed by atoms with Crippen LogP contribution >= 0.6 is 23.4 Å². The molecule has 0 aliphatic heterocycles. The first-order valence-corrected chi connectivity index (χ1v) is 9.11. The number of rotatable bonds is 7. The Morgan fingerprint density at radius 3 is 2.58 bits per heavy atom. The molecular formula is C19H22ClNO2S. The predicted molar refractivity (Wildman–Crippen MR) is 101 cm³/mol. The van der Waals surface area contributed by atoms with Gasteiger partial charge in [0.15, 0.2) is 0 Å². The highest BCUT2D eigenvalue weighted by atomic mass is 35.5. The van der Waals surface area contributed by atoms with Crippen molar-refractivity contribution in [2.75, 3.05) is 13.2 Å². The molecule has 0 saturated carbocycles. The van der Waals surface area contributed by atoms with Crippen LogP contribution in [-0.2, 0) is 4.79 Å². The quantitative estimate of drug-likeness (QED) is 0.575. The summed E-state index contributed by atoms with van der Waals surface area (Å²) in [6.07, 6.45) is 0. The van der Waals surface area contributed by atoms with Gasteiger partial charge in [-0.05, 0) is 50.6 Å². The monoisotopic (exact) mass is 363 g/mol. The SMILES string of the molecule is Cc1ccc(S[C@@H](C)C(=O)NCCOc2ccc(C)c(Cl)c2)cc1. The van der Waals surface area contributed by atoms with Gasteiger partial charge in [0.1, 0.15) is 12.4 Å². The summed E-state index contributed by atoms with van der Waals surface area (Å²) in [5.41, 5.74) is 2.23. The third kappa shape index (κ3) is 5.77. The minimum Gasteiger partial charge on any atom is -0.492 e. The predicted octanol–water partition coefficient (Wildman–Crippen LogP) is 4.63. The van der Waals surface area contributed by atoms with E-state index in [1.54, 1.807) is 17.8 Å². The van der Waals surface area contributed by atoms with E-state index in [1.807, 2.05) is 57.2 Å². The topological polar surface area (TPSA) is 38.3 Å². The highest BCUT2D eigenvalue weighted by molar-refractivity contribution is 8.00. The zero-order valence-electron chi connectivity index (χ0n) is 14.1. The van der Waals surface area contributed by atoms with Crippen molar-refractivity contribution in [2.45, 2.75) is 30.9 Å². The van der Waals surface area contributed by atoms with Crippen LogP contribution < -0.4 is 10.1 Å². The van der Waals surface area contributed by atoms with Crippen molar-refractivity contribution >= 4 is 29.3 Å². The molecule has 1 atom stereocenters. The Morgan fingerprint density at radius 1 is 1.21 bits per heavy atom. The minimum atomic E-state index is -0.151. The second-order valence-corrected chi connectivity index (χ2v) is 7.45. The summed E-state index contributed by atoms with van der Waals surface area (Å²) in [5, 5.41) is 3.42. The molecule has 0 unspecified atom stereocenters. The zero-order valence-corrected chi connectivity index (χ0v) is 15.7. The van der Waals surface area contributed by atoms with Crippen molar-refractivity contribution in [2.24, 2.45) is 0 Å². The van der Waals surface area contributed by atoms with Crippen molar-refractivity contribution < 1.29 is 9.53 Å². The number of aryl methyl sites for hydroxylation is 2. The Morgan fingerprint density at radius 2 is 1.92 bits per heavy atom. The molecule has 1 N–H and O–H groups in total. The third-order valence-electron chi connectivity index (χ3n) is 3.52. The molecule has 0 aromatic heterocycles. The van der Waals surface area contributed by atoms with Crippen molar-refractivity contribution in [3.05, 3.63) is 58.6 Å². The first-order chi connectivity index (χ1) is 11.5. The van der Waals surface area contributed by atoms with Crippen molar-refractivity contribution in [1.82, 2.24) is 5.32 Å². The van der Waals surface area contributed by atoms with Gasteiger partial charge in [0.05, 0.1) is 11.8 Å². The average Bonchev–Trinajstić information content (AvgIpc) is 2.56. The van der Waals surface area contributed by atoms with Crippen molar-refractivity contribution in [3.8, 4) is 5.75 Å². The van der Waals surface area contributed by atoms with E-state index in [4.69, 9.17) is 16.3 Å². The fraction of sp³-hybridized carbons (Fsp3) is 0.316. The molecule has 2 rings (SSSR count). The second-order valence-electron chi connectivity index (χ2n) is 5.62. The van der Waals surface area contributed by atoms with Crippen LogP contribution in [0.3, 0.4) is 0 Å². The molecule has 1 amide bonds. The van der Waals surface area contributed by atoms with Crippen LogP contribution in [0.4, 0.5) is 0 Å². The van der Waals surface area contributed by atoms with Crippen LogP contribution in [0, 0.1) is 13.8 Å². The molecule has 2 aromatic carbocycles. The molecular weight excluding hydrogens is 342 g/mol. The maximum atomic E-state index is 12.1. The lowest BCUT2D eigenvalue weighted by molar-refractivity contribution is -0.120. The van der Waals surface area contributed by atoms with Crippen LogP contribution in [0.15, 0.2) is 47.4 Å². The maximum Gasteiger partial charge on any atom is 0.233 e. The van der Waals surface area contributed by atoms with Gasteiger partial charge in [-0.15, -0.1) is 11.8 Å². The summed E-state index contributed by atoms with van der Waals surface area (Å²) in [7, 11) is 0. The van der Waals surface area contributed by atoms with Gasteiger partial charge in [0.25, 0.3) is 0 Å². The number of thioether (sulfide) groups is 1. The van der Waals surface area contributed by atoms with Crippen LogP contribution in [0.5, 0.6) is 5.75 Å². The molecule has 24 heavy (non-hydrogen) atoms. The molecule has 3 nitrogen and oxygen atoms in total. The lowest BCUT2D eigenvalue weighted by Crippen LogP contribution is -2.33. The van der Waals surface area contributed by atoms with E-state index in [0.29, 0.717) is 23.9 Å². The van der Waals surface area contributed by atoms with Gasteiger partial charge in [-0.1, -0.05) is 35.4 Å². The third-order valence-corrected chi connectivity index (χ3v) is 5.04. The Kier molecular flexibility index (Phi) is 7.00. The van der Waals surface area contributed by atoms with Crippen LogP contribution in [0.1, 0.15) is 18.1 Å². The lowest BCUT2D eigenvalue weighted by atomic mass is 10.2. The highest BCUT2D eigenvalue weighted by Crippen LogP contribution is 2.23. The normalized spacial score (nSPS) is 11.8. The molecule has 0 radical (unpaired) electrons. The molecule has 5 heteroatoms. The lowest BCUT2D eigenvalue weighted by Gasteiger charge is -2.13. The van der Waals surface area contributed by atoms with E-state index in [9.17, 15) is 4.79 Å². The number of amides is 1. The molecule has 0 aliphatic carbocycles. The second kappa shape index (κ2) is 9.00. The summed E-state index contributed by atoms with van der Waals surface area (Å²) in [6, 6.07) is 13.7. The summed E-state index contributed by atoms with van der Waals surface area (Å²) in [6.45, 7) is 6.77. The Balaban J connectivity index is 1.72. The number of carbonyl (C=O) groups is 1. The summed E-state index contributed by atoms with van der Waals surface area (Å²) in [4.78, 5) is 13.2. The number of nitrogens with one attached hydrogen (secondary N) is 1. The Hall–Kier alpha value is -1.65. The number of ether oxygens (including phenoxy) is 1. The van der Waals surface area contributed by atoms with Gasteiger partial charge in [0.2, 0.25) is 5.91 Å². The molecule has 0 saturated heterocycles. The first kappa shape index (κ1) is 18.7. The molecule has 0 bridgehead atoms. The average molecular weight is 364 g/mol. The fourth-order valence-electron chi connectivity index (χ4n) is 2.02. The maximum absolute atomic E-state index is 12.1. The van der Waals surface area contributed by atoms with Crippen LogP contribution in [-0.4, -0.2) is 24.3 Å². The Bertz CT molecular complexity index is 688. The van der Waals surface area contributed by atoms with Gasteiger partial charge in [0, 0.05) is 9.92 Å². The van der Waals surface area contributed by atoms with Crippen molar-refractivity contribution in [1.29, 1.82) is 0 Å². The van der Waals surface area contributed by atoms with E-state index < -0.39 is 0 Å². The highest BCUT2D eigenvalue weighted by Gasteiger charge is 2.13. The van der Waals surface area contributed by atoms with Crippen LogP contribution in [0.25, 0.3) is 0 Å². The van der Waals surface area contributed by atoms with E-state index in [-0.39, 0.29) is 11.2 Å². The number of halogens is 1. The zero-order chi connectivity index (χ0) is 17.5. The molecule has 0 fully saturated rings. The molecule has 0 spiro atoms. The largest absolute Gasteiger partial charge is 0.492 e. The fourth-order valence-corrected chi connectivity index (χ4v) is 3.09. The number of carbonyl (C=O) groups excluding carboxylic acids is 1. The minimum absolute atomic E-state index is 0.00566. The first-order valence-electron chi connectivity index (χ1n) is 7.85. The molecule has 0 heterocycles. The standard InChI is InChI=1S/C19H22ClNO2S/c1-13-4-8-17(9-5-13)24-15(3)19(22)21-10-11-23-16-7-6-14(2)18(20)12-16/h4-9,12,15H,10-11H2,1-3H3,(H,21,22)/t15-/m0/s1. The van der Waals surface area contributed by atoms with Crippen LogP contribution in [0.2, 0.25) is 5.02 Å². The smallest absolute Gasteiger partial charge is 0.233 e. The number of hydrogen-bond acceptors (Lipinski definition) is 3. The molecule has 2 aromatic rings. The van der Waals surface area contributed by atoms with E-state index in [0.717, 1.165) is 10.5 Å². The molecule has 128 valence electrons. The summed E-state index contributed by atoms with van der Waals surface area (Å²) >= 11 is 7.60. The Labute approximate surface area is 152 Å². The van der Waals surface area contributed by atoms with Gasteiger partial charge in [-0.3, -0.25) is 4.79 Å². The van der Waals surface area contributed by atoms with Crippen molar-refractivity contribution in [3.63, 3.8) is 0 Å². The molecule has 0 aliphatic rings. The van der Waals surface area contributed by atoms with Gasteiger partial charge in [-0.25, -0.2) is 0 Å². The van der Waals surface area contributed by atoms with Gasteiger partial charge in [-0.2, -0.15) is 0 Å². The van der Waals surface area contributed by atoms with Gasteiger partial charge >= 0.3 is 0 Å². The van der Waals surface area contributed by atoms with Gasteiger partial charge < -0.3 is 10.1 Å². The number of benzene rings is 2.